The monoisotopic (exact) mass is 524 g/mol. The van der Waals surface area contributed by atoms with E-state index in [0.717, 1.165) is 16.7 Å². The van der Waals surface area contributed by atoms with Crippen LogP contribution >= 0.6 is 11.8 Å². The van der Waals surface area contributed by atoms with E-state index in [-0.39, 0.29) is 29.5 Å². The Kier molecular flexibility index (Phi) is 7.58. The van der Waals surface area contributed by atoms with Crippen LogP contribution in [0.5, 0.6) is 11.5 Å². The number of nitro benzene ring substituents is 1. The van der Waals surface area contributed by atoms with Gasteiger partial charge in [-0.3, -0.25) is 24.6 Å². The Morgan fingerprint density at radius 1 is 1.14 bits per heavy atom. The largest absolute Gasteiger partial charge is 0.490 e. The van der Waals surface area contributed by atoms with Gasteiger partial charge in [-0.2, -0.15) is 0 Å². The van der Waals surface area contributed by atoms with Gasteiger partial charge in [-0.25, -0.2) is 4.79 Å². The number of imide groups is 1. The topological polar surface area (TPSA) is 149 Å². The molecule has 2 heterocycles. The van der Waals surface area contributed by atoms with E-state index in [9.17, 15) is 24.5 Å². The molecule has 0 unspecified atom stereocenters. The van der Waals surface area contributed by atoms with Crippen molar-refractivity contribution in [2.24, 2.45) is 0 Å². The number of carbonyl (C=O) groups excluding carboxylic acids is 2. The fourth-order valence-corrected chi connectivity index (χ4v) is 4.30. The average Bonchev–Trinajstić information content (AvgIpc) is 3.45. The van der Waals surface area contributed by atoms with Crippen molar-refractivity contribution >= 4 is 40.6 Å². The van der Waals surface area contributed by atoms with Crippen LogP contribution in [0.25, 0.3) is 6.08 Å². The molecule has 2 aromatic carbocycles. The number of furan rings is 1. The number of carboxylic acids is 1. The molecule has 0 atom stereocenters. The molecule has 0 spiro atoms. The Hall–Kier alpha value is -4.58. The second-order valence-electron chi connectivity index (χ2n) is 7.69. The lowest BCUT2D eigenvalue weighted by Gasteiger charge is -2.13. The lowest BCUT2D eigenvalue weighted by atomic mass is 10.1. The van der Waals surface area contributed by atoms with Gasteiger partial charge in [-0.15, -0.1) is 0 Å². The number of nitro groups is 1. The van der Waals surface area contributed by atoms with Crippen molar-refractivity contribution in [3.05, 3.63) is 92.3 Å². The Morgan fingerprint density at radius 3 is 2.65 bits per heavy atom. The molecule has 0 saturated carbocycles. The highest BCUT2D eigenvalue weighted by atomic mass is 32.2. The maximum absolute atomic E-state index is 12.9. The number of rotatable bonds is 10. The molecule has 1 fully saturated rings. The summed E-state index contributed by atoms with van der Waals surface area (Å²) >= 11 is 0.774. The minimum atomic E-state index is -1.18. The fraction of sp³-hybridized carbons (Fsp3) is 0.160. The standard InChI is InChI=1S/C25H20N2O9S/c1-2-34-21-11-15(6-8-19(21)35-14-18-7-9-20(36-18)24(29)30)12-22-23(28)26(25(31)37-22)13-16-4-3-5-17(10-16)27(32)33/h3-12H,2,13-14H2,1H3,(H,29,30). The van der Waals surface area contributed by atoms with Crippen LogP contribution in [0.2, 0.25) is 0 Å². The van der Waals surface area contributed by atoms with Crippen LogP contribution in [0.3, 0.4) is 0 Å². The first kappa shape index (κ1) is 25.5. The number of carbonyl (C=O) groups is 3. The lowest BCUT2D eigenvalue weighted by molar-refractivity contribution is -0.384. The molecule has 190 valence electrons. The van der Waals surface area contributed by atoms with Gasteiger partial charge >= 0.3 is 5.97 Å². The number of ether oxygens (including phenoxy) is 2. The molecule has 0 aliphatic carbocycles. The van der Waals surface area contributed by atoms with Crippen molar-refractivity contribution in [1.82, 2.24) is 4.90 Å². The molecule has 2 amide bonds. The summed E-state index contributed by atoms with van der Waals surface area (Å²) in [5, 5.41) is 19.5. The average molecular weight is 525 g/mol. The van der Waals surface area contributed by atoms with E-state index in [0.29, 0.717) is 35.0 Å². The fourth-order valence-electron chi connectivity index (χ4n) is 3.46. The van der Waals surface area contributed by atoms with E-state index < -0.39 is 22.0 Å². The predicted molar refractivity (Wildman–Crippen MR) is 132 cm³/mol. The first-order valence-corrected chi connectivity index (χ1v) is 11.8. The van der Waals surface area contributed by atoms with Crippen LogP contribution < -0.4 is 9.47 Å². The van der Waals surface area contributed by atoms with E-state index in [1.165, 1.54) is 30.3 Å². The zero-order valence-electron chi connectivity index (χ0n) is 19.4. The molecule has 11 nitrogen and oxygen atoms in total. The van der Waals surface area contributed by atoms with Crippen molar-refractivity contribution in [3.8, 4) is 11.5 Å². The molecule has 1 aliphatic heterocycles. The zero-order chi connectivity index (χ0) is 26.5. The minimum Gasteiger partial charge on any atom is -0.490 e. The number of carboxylic acid groups (broad SMARTS) is 1. The van der Waals surface area contributed by atoms with Gasteiger partial charge in [0, 0.05) is 12.1 Å². The molecule has 0 bridgehead atoms. The number of non-ortho nitro benzene ring substituents is 1. The number of benzene rings is 2. The van der Waals surface area contributed by atoms with Crippen molar-refractivity contribution in [3.63, 3.8) is 0 Å². The van der Waals surface area contributed by atoms with Crippen LogP contribution in [0.4, 0.5) is 10.5 Å². The van der Waals surface area contributed by atoms with Gasteiger partial charge in [-0.1, -0.05) is 18.2 Å². The van der Waals surface area contributed by atoms with E-state index in [1.807, 2.05) is 0 Å². The van der Waals surface area contributed by atoms with E-state index in [1.54, 1.807) is 37.3 Å². The van der Waals surface area contributed by atoms with Gasteiger partial charge in [0.2, 0.25) is 5.76 Å². The van der Waals surface area contributed by atoms with Crippen LogP contribution in [0.15, 0.2) is 63.9 Å². The lowest BCUT2D eigenvalue weighted by Crippen LogP contribution is -2.27. The number of hydrogen-bond donors (Lipinski definition) is 1. The summed E-state index contributed by atoms with van der Waals surface area (Å²) < 4.78 is 16.6. The predicted octanol–water partition coefficient (Wildman–Crippen LogP) is 5.10. The number of thioether (sulfide) groups is 1. The van der Waals surface area contributed by atoms with E-state index in [2.05, 4.69) is 0 Å². The number of nitrogens with zero attached hydrogens (tertiary/aromatic N) is 2. The van der Waals surface area contributed by atoms with Gasteiger partial charge in [0.05, 0.1) is 23.0 Å². The molecular weight excluding hydrogens is 504 g/mol. The summed E-state index contributed by atoms with van der Waals surface area (Å²) in [4.78, 5) is 48.1. The molecule has 37 heavy (non-hydrogen) atoms. The molecule has 0 radical (unpaired) electrons. The third-order valence-electron chi connectivity index (χ3n) is 5.14. The molecule has 1 N–H and O–H groups in total. The van der Waals surface area contributed by atoms with Crippen molar-refractivity contribution in [1.29, 1.82) is 0 Å². The molecule has 4 rings (SSSR count). The van der Waals surface area contributed by atoms with Gasteiger partial charge in [0.15, 0.2) is 11.5 Å². The van der Waals surface area contributed by atoms with Crippen molar-refractivity contribution < 1.29 is 38.3 Å². The van der Waals surface area contributed by atoms with Crippen molar-refractivity contribution in [2.45, 2.75) is 20.1 Å². The Labute approximate surface area is 214 Å². The van der Waals surface area contributed by atoms with Crippen LogP contribution in [0, 0.1) is 10.1 Å². The molecular formula is C25H20N2O9S. The summed E-state index contributed by atoms with van der Waals surface area (Å²) in [7, 11) is 0. The normalized spacial score (nSPS) is 14.3. The summed E-state index contributed by atoms with van der Waals surface area (Å²) in [6.07, 6.45) is 1.55. The number of amides is 2. The van der Waals surface area contributed by atoms with Gasteiger partial charge in [0.25, 0.3) is 16.8 Å². The minimum absolute atomic E-state index is 0.0246. The van der Waals surface area contributed by atoms with Gasteiger partial charge in [-0.05, 0) is 60.2 Å². The maximum Gasteiger partial charge on any atom is 0.371 e. The third-order valence-corrected chi connectivity index (χ3v) is 6.05. The van der Waals surface area contributed by atoms with Gasteiger partial charge < -0.3 is 19.0 Å². The maximum atomic E-state index is 12.9. The van der Waals surface area contributed by atoms with Gasteiger partial charge in [0.1, 0.15) is 12.4 Å². The molecule has 3 aromatic rings. The quantitative estimate of drug-likeness (QED) is 0.216. The summed E-state index contributed by atoms with van der Waals surface area (Å²) in [6.45, 7) is 2.02. The molecule has 12 heteroatoms. The Balaban J connectivity index is 1.49. The second kappa shape index (κ2) is 11.0. The first-order valence-electron chi connectivity index (χ1n) is 11.0. The molecule has 1 aliphatic rings. The number of aromatic carboxylic acids is 1. The Morgan fingerprint density at radius 2 is 1.95 bits per heavy atom. The zero-order valence-corrected chi connectivity index (χ0v) is 20.2. The smallest absolute Gasteiger partial charge is 0.371 e. The third kappa shape index (κ3) is 5.98. The second-order valence-corrected chi connectivity index (χ2v) is 8.69. The summed E-state index contributed by atoms with van der Waals surface area (Å²) in [5.41, 5.74) is 0.924. The first-order chi connectivity index (χ1) is 17.7. The SMILES string of the molecule is CCOc1cc(C=C2SC(=O)N(Cc3cccc([N+](=O)[O-])c3)C2=O)ccc1OCc1ccc(C(=O)O)o1. The van der Waals surface area contributed by atoms with Crippen molar-refractivity contribution in [2.75, 3.05) is 6.61 Å². The summed E-state index contributed by atoms with van der Waals surface area (Å²) in [5.74, 6) is -0.796. The van der Waals surface area contributed by atoms with E-state index >= 15 is 0 Å². The highest BCUT2D eigenvalue weighted by molar-refractivity contribution is 8.18. The number of hydrogen-bond acceptors (Lipinski definition) is 9. The molecule has 1 saturated heterocycles. The van der Waals surface area contributed by atoms with Crippen LogP contribution in [-0.2, 0) is 17.9 Å². The Bertz CT molecular complexity index is 1410. The summed E-state index contributed by atoms with van der Waals surface area (Å²) in [6, 6.07) is 13.6. The van der Waals surface area contributed by atoms with E-state index in [4.69, 9.17) is 19.0 Å². The molecule has 1 aromatic heterocycles. The van der Waals surface area contributed by atoms with Crippen LogP contribution in [-0.4, -0.2) is 38.7 Å². The van der Waals surface area contributed by atoms with Crippen LogP contribution in [0.1, 0.15) is 34.4 Å². The highest BCUT2D eigenvalue weighted by Gasteiger charge is 2.35. The highest BCUT2D eigenvalue weighted by Crippen LogP contribution is 2.36.